The van der Waals surface area contributed by atoms with Crippen molar-refractivity contribution in [2.24, 2.45) is 5.73 Å². The molecular weight excluding hydrogens is 254 g/mol. The van der Waals surface area contributed by atoms with E-state index in [4.69, 9.17) is 5.73 Å². The van der Waals surface area contributed by atoms with Crippen LogP contribution in [0.4, 0.5) is 5.82 Å². The van der Waals surface area contributed by atoms with Gasteiger partial charge >= 0.3 is 0 Å². The summed E-state index contributed by atoms with van der Waals surface area (Å²) in [7, 11) is 0. The molecule has 0 radical (unpaired) electrons. The zero-order valence-electron chi connectivity index (χ0n) is 9.07. The number of aryl methyl sites for hydroxylation is 1. The molecule has 0 amide bonds. The molecule has 2 rings (SSSR count). The van der Waals surface area contributed by atoms with E-state index in [1.165, 1.54) is 5.56 Å². The number of nitrogens with two attached hydrogens (primary N) is 1. The molecule has 1 aromatic heterocycles. The smallest absolute Gasteiger partial charge is 0.129 e. The first-order chi connectivity index (χ1) is 7.09. The first-order valence-electron chi connectivity index (χ1n) is 5.24. The van der Waals surface area contributed by atoms with Crippen molar-refractivity contribution in [1.82, 2.24) is 4.98 Å². The highest BCUT2D eigenvalue weighted by Crippen LogP contribution is 2.25. The Hall–Kier alpha value is -0.610. The zero-order chi connectivity index (χ0) is 11.0. The molecule has 1 aliphatic heterocycles. The molecule has 4 heteroatoms. The van der Waals surface area contributed by atoms with Gasteiger partial charge in [-0.05, 0) is 47.8 Å². The SMILES string of the molecule is Cc1cc(N2CCC(N)C2C)ncc1Br. The van der Waals surface area contributed by atoms with Crippen LogP contribution in [0.25, 0.3) is 0 Å². The maximum Gasteiger partial charge on any atom is 0.129 e. The standard InChI is InChI=1S/C11H16BrN3/c1-7-5-11(14-6-9(7)12)15-4-3-10(13)8(15)2/h5-6,8,10H,3-4,13H2,1-2H3. The van der Waals surface area contributed by atoms with Crippen LogP contribution >= 0.6 is 15.9 Å². The molecule has 0 aliphatic carbocycles. The van der Waals surface area contributed by atoms with E-state index >= 15 is 0 Å². The van der Waals surface area contributed by atoms with Crippen LogP contribution in [0.15, 0.2) is 16.7 Å². The average Bonchev–Trinajstić information content (AvgIpc) is 2.53. The summed E-state index contributed by atoms with van der Waals surface area (Å²) in [5.74, 6) is 1.04. The average molecular weight is 270 g/mol. The second-order valence-corrected chi connectivity index (χ2v) is 5.03. The van der Waals surface area contributed by atoms with Crippen LogP contribution < -0.4 is 10.6 Å². The van der Waals surface area contributed by atoms with Crippen molar-refractivity contribution in [3.8, 4) is 0 Å². The summed E-state index contributed by atoms with van der Waals surface area (Å²) in [5.41, 5.74) is 7.21. The minimum absolute atomic E-state index is 0.274. The number of nitrogens with zero attached hydrogens (tertiary/aromatic N) is 2. The van der Waals surface area contributed by atoms with E-state index in [-0.39, 0.29) is 6.04 Å². The lowest BCUT2D eigenvalue weighted by molar-refractivity contribution is 0.621. The Balaban J connectivity index is 2.26. The predicted molar refractivity (Wildman–Crippen MR) is 66.1 cm³/mol. The van der Waals surface area contributed by atoms with Crippen molar-refractivity contribution < 1.29 is 0 Å². The Morgan fingerprint density at radius 2 is 2.33 bits per heavy atom. The molecule has 1 aliphatic rings. The molecule has 2 atom stereocenters. The van der Waals surface area contributed by atoms with E-state index in [2.05, 4.69) is 45.7 Å². The summed E-state index contributed by atoms with van der Waals surface area (Å²) < 4.78 is 1.06. The monoisotopic (exact) mass is 269 g/mol. The third-order valence-electron chi connectivity index (χ3n) is 3.14. The molecule has 0 spiro atoms. The van der Waals surface area contributed by atoms with Gasteiger partial charge in [0.15, 0.2) is 0 Å². The van der Waals surface area contributed by atoms with Crippen molar-refractivity contribution in [2.75, 3.05) is 11.4 Å². The minimum atomic E-state index is 0.274. The lowest BCUT2D eigenvalue weighted by Crippen LogP contribution is -2.37. The fraction of sp³-hybridized carbons (Fsp3) is 0.545. The first-order valence-corrected chi connectivity index (χ1v) is 6.03. The van der Waals surface area contributed by atoms with Crippen LogP contribution in [-0.4, -0.2) is 23.6 Å². The van der Waals surface area contributed by atoms with E-state index < -0.39 is 0 Å². The first kappa shape index (κ1) is 10.9. The maximum atomic E-state index is 6.00. The molecule has 1 saturated heterocycles. The summed E-state index contributed by atoms with van der Waals surface area (Å²) >= 11 is 3.46. The van der Waals surface area contributed by atoms with Crippen molar-refractivity contribution in [3.63, 3.8) is 0 Å². The molecular formula is C11H16BrN3. The van der Waals surface area contributed by atoms with Gasteiger partial charge in [0.2, 0.25) is 0 Å². The lowest BCUT2D eigenvalue weighted by atomic mass is 10.2. The maximum absolute atomic E-state index is 6.00. The van der Waals surface area contributed by atoms with Crippen molar-refractivity contribution in [2.45, 2.75) is 32.4 Å². The Morgan fingerprint density at radius 3 is 2.87 bits per heavy atom. The Labute approximate surface area is 98.8 Å². The van der Waals surface area contributed by atoms with Crippen LogP contribution in [0.2, 0.25) is 0 Å². The van der Waals surface area contributed by atoms with Gasteiger partial charge in [0.05, 0.1) is 0 Å². The highest BCUT2D eigenvalue weighted by atomic mass is 79.9. The van der Waals surface area contributed by atoms with Crippen LogP contribution in [0, 0.1) is 6.92 Å². The number of hydrogen-bond donors (Lipinski definition) is 1. The number of rotatable bonds is 1. The van der Waals surface area contributed by atoms with Crippen LogP contribution in [0.1, 0.15) is 18.9 Å². The summed E-state index contributed by atoms with van der Waals surface area (Å²) in [6.45, 7) is 5.25. The third kappa shape index (κ3) is 2.01. The zero-order valence-corrected chi connectivity index (χ0v) is 10.7. The molecule has 0 saturated carbocycles. The highest BCUT2D eigenvalue weighted by molar-refractivity contribution is 9.10. The topological polar surface area (TPSA) is 42.1 Å². The molecule has 0 aromatic carbocycles. The molecule has 2 unspecified atom stereocenters. The molecule has 0 bridgehead atoms. The second-order valence-electron chi connectivity index (χ2n) is 4.18. The summed E-state index contributed by atoms with van der Waals surface area (Å²) in [6, 6.07) is 2.77. The number of hydrogen-bond acceptors (Lipinski definition) is 3. The molecule has 1 aromatic rings. The van der Waals surface area contributed by atoms with E-state index in [1.54, 1.807) is 0 Å². The van der Waals surface area contributed by atoms with Gasteiger partial charge in [-0.25, -0.2) is 4.98 Å². The fourth-order valence-corrected chi connectivity index (χ4v) is 2.19. The third-order valence-corrected chi connectivity index (χ3v) is 3.97. The summed E-state index contributed by atoms with van der Waals surface area (Å²) in [4.78, 5) is 6.71. The quantitative estimate of drug-likeness (QED) is 0.849. The molecule has 82 valence electrons. The second kappa shape index (κ2) is 4.10. The van der Waals surface area contributed by atoms with Crippen LogP contribution in [0.5, 0.6) is 0 Å². The highest BCUT2D eigenvalue weighted by Gasteiger charge is 2.28. The number of anilines is 1. The largest absolute Gasteiger partial charge is 0.352 e. The number of pyridine rings is 1. The van der Waals surface area contributed by atoms with Crippen molar-refractivity contribution in [3.05, 3.63) is 22.3 Å². The lowest BCUT2D eigenvalue weighted by Gasteiger charge is -2.24. The normalized spacial score (nSPS) is 26.0. The van der Waals surface area contributed by atoms with Crippen LogP contribution in [0.3, 0.4) is 0 Å². The molecule has 2 heterocycles. The van der Waals surface area contributed by atoms with E-state index in [0.29, 0.717) is 6.04 Å². The van der Waals surface area contributed by atoms with Gasteiger partial charge in [0, 0.05) is 29.3 Å². The van der Waals surface area contributed by atoms with E-state index in [0.717, 1.165) is 23.3 Å². The van der Waals surface area contributed by atoms with E-state index in [1.807, 2.05) is 6.20 Å². The fourth-order valence-electron chi connectivity index (χ4n) is 1.97. The Kier molecular flexibility index (Phi) is 2.98. The number of halogens is 1. The van der Waals surface area contributed by atoms with Crippen molar-refractivity contribution >= 4 is 21.7 Å². The number of aromatic nitrogens is 1. The Bertz CT molecular complexity index is 367. The molecule has 3 nitrogen and oxygen atoms in total. The predicted octanol–water partition coefficient (Wildman–Crippen LogP) is 2.08. The van der Waals surface area contributed by atoms with Gasteiger partial charge < -0.3 is 10.6 Å². The molecule has 1 fully saturated rings. The minimum Gasteiger partial charge on any atom is -0.352 e. The van der Waals surface area contributed by atoms with Gasteiger partial charge in [-0.2, -0.15) is 0 Å². The Morgan fingerprint density at radius 1 is 1.60 bits per heavy atom. The summed E-state index contributed by atoms with van der Waals surface area (Å²) in [5, 5.41) is 0. The molecule has 2 N–H and O–H groups in total. The van der Waals surface area contributed by atoms with Gasteiger partial charge in [-0.3, -0.25) is 0 Å². The van der Waals surface area contributed by atoms with Crippen LogP contribution in [-0.2, 0) is 0 Å². The van der Waals surface area contributed by atoms with Gasteiger partial charge in [-0.1, -0.05) is 0 Å². The van der Waals surface area contributed by atoms with Gasteiger partial charge in [0.25, 0.3) is 0 Å². The summed E-state index contributed by atoms with van der Waals surface area (Å²) in [6.07, 6.45) is 2.92. The van der Waals surface area contributed by atoms with Gasteiger partial charge in [-0.15, -0.1) is 0 Å². The van der Waals surface area contributed by atoms with Gasteiger partial charge in [0.1, 0.15) is 5.82 Å². The van der Waals surface area contributed by atoms with E-state index in [9.17, 15) is 0 Å². The van der Waals surface area contributed by atoms with Crippen molar-refractivity contribution in [1.29, 1.82) is 0 Å². The molecule has 15 heavy (non-hydrogen) atoms.